The Hall–Kier alpha value is -2.90. The monoisotopic (exact) mass is 455 g/mol. The number of nitrogens with zero attached hydrogens (tertiary/aromatic N) is 2. The molecule has 1 aliphatic rings. The quantitative estimate of drug-likeness (QED) is 0.562. The average molecular weight is 456 g/mol. The molecule has 3 aromatic rings. The van der Waals surface area contributed by atoms with Crippen molar-refractivity contribution in [2.45, 2.75) is 26.7 Å². The molecule has 2 heterocycles. The highest BCUT2D eigenvalue weighted by molar-refractivity contribution is 7.09. The van der Waals surface area contributed by atoms with Crippen LogP contribution >= 0.6 is 22.9 Å². The number of thiazole rings is 1. The molecule has 0 bridgehead atoms. The van der Waals surface area contributed by atoms with Gasteiger partial charge in [0, 0.05) is 21.7 Å². The molecule has 0 unspecified atom stereocenters. The van der Waals surface area contributed by atoms with Crippen LogP contribution in [0, 0.1) is 6.92 Å². The van der Waals surface area contributed by atoms with Crippen molar-refractivity contribution in [1.82, 2.24) is 4.98 Å². The molecule has 1 N–H and O–H groups in total. The van der Waals surface area contributed by atoms with Crippen LogP contribution in [-0.2, 0) is 16.0 Å². The lowest BCUT2D eigenvalue weighted by molar-refractivity contribution is -0.123. The number of anilines is 2. The summed E-state index contributed by atoms with van der Waals surface area (Å²) in [6, 6.07) is 10.8. The van der Waals surface area contributed by atoms with E-state index in [2.05, 4.69) is 17.2 Å². The summed E-state index contributed by atoms with van der Waals surface area (Å²) in [6.07, 6.45) is 1.98. The number of fused-ring (bicyclic) bond motifs is 1. The van der Waals surface area contributed by atoms with Crippen LogP contribution in [-0.4, -0.2) is 29.9 Å². The maximum Gasteiger partial charge on any atom is 0.265 e. The van der Waals surface area contributed by atoms with Gasteiger partial charge < -0.3 is 10.1 Å². The number of hydrogen-bond donors (Lipinski definition) is 1. The minimum atomic E-state index is -0.295. The van der Waals surface area contributed by atoms with Crippen LogP contribution in [0.15, 0.2) is 41.8 Å². The van der Waals surface area contributed by atoms with E-state index in [0.29, 0.717) is 22.1 Å². The lowest BCUT2D eigenvalue weighted by Crippen LogP contribution is -2.43. The lowest BCUT2D eigenvalue weighted by atomic mass is 10.1. The van der Waals surface area contributed by atoms with E-state index in [9.17, 15) is 9.59 Å². The number of aryl methyl sites for hydroxylation is 2. The van der Waals surface area contributed by atoms with Crippen LogP contribution in [0.2, 0.25) is 5.02 Å². The summed E-state index contributed by atoms with van der Waals surface area (Å²) in [5.41, 5.74) is 3.82. The molecule has 2 aromatic carbocycles. The van der Waals surface area contributed by atoms with E-state index in [1.165, 1.54) is 4.90 Å². The zero-order valence-corrected chi connectivity index (χ0v) is 18.8. The van der Waals surface area contributed by atoms with Gasteiger partial charge in [0.25, 0.3) is 5.91 Å². The first kappa shape index (κ1) is 21.3. The molecule has 1 aromatic heterocycles. The molecule has 0 aliphatic carbocycles. The third kappa shape index (κ3) is 4.73. The van der Waals surface area contributed by atoms with E-state index in [-0.39, 0.29) is 25.0 Å². The van der Waals surface area contributed by atoms with Gasteiger partial charge in [-0.05, 0) is 61.7 Å². The van der Waals surface area contributed by atoms with Gasteiger partial charge in [-0.15, -0.1) is 11.3 Å². The molecule has 0 saturated heterocycles. The van der Waals surface area contributed by atoms with Gasteiger partial charge in [-0.25, -0.2) is 4.98 Å². The van der Waals surface area contributed by atoms with Crippen molar-refractivity contribution in [3.05, 3.63) is 57.4 Å². The predicted octanol–water partition coefficient (Wildman–Crippen LogP) is 5.09. The fourth-order valence-corrected chi connectivity index (χ4v) is 4.54. The zero-order chi connectivity index (χ0) is 22.0. The number of carbonyl (C=O) groups excluding carboxylic acids is 2. The van der Waals surface area contributed by atoms with Crippen molar-refractivity contribution in [3.8, 4) is 17.0 Å². The predicted molar refractivity (Wildman–Crippen MR) is 124 cm³/mol. The van der Waals surface area contributed by atoms with Gasteiger partial charge in [0.2, 0.25) is 5.91 Å². The van der Waals surface area contributed by atoms with Gasteiger partial charge in [-0.2, -0.15) is 0 Å². The Labute approximate surface area is 189 Å². The van der Waals surface area contributed by atoms with E-state index in [0.717, 1.165) is 34.7 Å². The molecule has 0 atom stereocenters. The van der Waals surface area contributed by atoms with Crippen molar-refractivity contribution in [1.29, 1.82) is 0 Å². The third-order valence-corrected chi connectivity index (χ3v) is 6.12. The second-order valence-corrected chi connectivity index (χ2v) is 8.71. The first-order valence-corrected chi connectivity index (χ1v) is 11.3. The van der Waals surface area contributed by atoms with Crippen molar-refractivity contribution >= 4 is 46.1 Å². The highest BCUT2D eigenvalue weighted by atomic mass is 35.5. The number of benzene rings is 2. The van der Waals surface area contributed by atoms with E-state index >= 15 is 0 Å². The SMILES string of the molecule is CCCc1nc(-c2ccc3c(c2)N(CC(=O)Nc2ccc(Cl)cc2C)C(=O)CO3)cs1. The molecule has 1 aliphatic heterocycles. The van der Waals surface area contributed by atoms with Gasteiger partial charge in [0.1, 0.15) is 12.3 Å². The molecule has 8 heteroatoms. The molecular formula is C23H22ClN3O3S. The Morgan fingerprint density at radius 3 is 2.90 bits per heavy atom. The molecule has 160 valence electrons. The van der Waals surface area contributed by atoms with Gasteiger partial charge in [0.05, 0.1) is 16.4 Å². The number of amides is 2. The number of ether oxygens (including phenoxy) is 1. The third-order valence-electron chi connectivity index (χ3n) is 4.98. The van der Waals surface area contributed by atoms with Gasteiger partial charge in [-0.1, -0.05) is 18.5 Å². The number of carbonyl (C=O) groups is 2. The number of nitrogens with one attached hydrogen (secondary N) is 1. The number of hydrogen-bond acceptors (Lipinski definition) is 5. The van der Waals surface area contributed by atoms with Crippen molar-refractivity contribution in [3.63, 3.8) is 0 Å². The molecule has 0 radical (unpaired) electrons. The summed E-state index contributed by atoms with van der Waals surface area (Å²) < 4.78 is 5.58. The first-order valence-electron chi connectivity index (χ1n) is 10.0. The number of aromatic nitrogens is 1. The van der Waals surface area contributed by atoms with Gasteiger partial charge in [-0.3, -0.25) is 14.5 Å². The maximum absolute atomic E-state index is 12.7. The summed E-state index contributed by atoms with van der Waals surface area (Å²) in [5, 5.41) is 6.55. The van der Waals surface area contributed by atoms with Crippen LogP contribution in [0.5, 0.6) is 5.75 Å². The Bertz CT molecular complexity index is 1140. The van der Waals surface area contributed by atoms with E-state index < -0.39 is 0 Å². The van der Waals surface area contributed by atoms with Crippen LogP contribution < -0.4 is 15.0 Å². The Morgan fingerprint density at radius 1 is 1.29 bits per heavy atom. The highest BCUT2D eigenvalue weighted by Crippen LogP contribution is 2.36. The standard InChI is InChI=1S/C23H22ClN3O3S/c1-3-4-22-26-18(13-31-22)15-5-8-20-19(10-15)27(23(29)12-30-20)11-21(28)25-17-7-6-16(24)9-14(17)2/h5-10,13H,3-4,11-12H2,1-2H3,(H,25,28). The normalized spacial score (nSPS) is 13.0. The molecule has 31 heavy (non-hydrogen) atoms. The smallest absolute Gasteiger partial charge is 0.265 e. The Kier molecular flexibility index (Phi) is 6.25. The average Bonchev–Trinajstić information content (AvgIpc) is 3.21. The molecule has 4 rings (SSSR count). The zero-order valence-electron chi connectivity index (χ0n) is 17.3. The van der Waals surface area contributed by atoms with Gasteiger partial charge in [0.15, 0.2) is 6.61 Å². The van der Waals surface area contributed by atoms with E-state index in [4.69, 9.17) is 16.3 Å². The van der Waals surface area contributed by atoms with Crippen molar-refractivity contribution < 1.29 is 14.3 Å². The topological polar surface area (TPSA) is 71.5 Å². The lowest BCUT2D eigenvalue weighted by Gasteiger charge is -2.29. The molecule has 0 fully saturated rings. The van der Waals surface area contributed by atoms with Crippen molar-refractivity contribution in [2.24, 2.45) is 0 Å². The molecular weight excluding hydrogens is 434 g/mol. The Balaban J connectivity index is 1.57. The van der Waals surface area contributed by atoms with Crippen LogP contribution in [0.1, 0.15) is 23.9 Å². The fourth-order valence-electron chi connectivity index (χ4n) is 3.41. The van der Waals surface area contributed by atoms with Crippen molar-refractivity contribution in [2.75, 3.05) is 23.4 Å². The minimum Gasteiger partial charge on any atom is -0.482 e. The fraction of sp³-hybridized carbons (Fsp3) is 0.261. The number of halogens is 1. The second kappa shape index (κ2) is 9.08. The minimum absolute atomic E-state index is 0.100. The van der Waals surface area contributed by atoms with Crippen LogP contribution in [0.4, 0.5) is 11.4 Å². The summed E-state index contributed by atoms with van der Waals surface area (Å²) in [5.74, 6) is 0.0105. The first-order chi connectivity index (χ1) is 14.9. The number of rotatable bonds is 6. The Morgan fingerprint density at radius 2 is 2.13 bits per heavy atom. The molecule has 0 spiro atoms. The van der Waals surface area contributed by atoms with Crippen LogP contribution in [0.3, 0.4) is 0 Å². The second-order valence-electron chi connectivity index (χ2n) is 7.33. The van der Waals surface area contributed by atoms with E-state index in [1.54, 1.807) is 29.5 Å². The van der Waals surface area contributed by atoms with Gasteiger partial charge >= 0.3 is 0 Å². The summed E-state index contributed by atoms with van der Waals surface area (Å²) in [7, 11) is 0. The summed E-state index contributed by atoms with van der Waals surface area (Å²) in [6.45, 7) is 3.77. The highest BCUT2D eigenvalue weighted by Gasteiger charge is 2.28. The van der Waals surface area contributed by atoms with E-state index in [1.807, 2.05) is 30.5 Å². The molecule has 2 amide bonds. The summed E-state index contributed by atoms with van der Waals surface area (Å²) >= 11 is 7.61. The maximum atomic E-state index is 12.7. The summed E-state index contributed by atoms with van der Waals surface area (Å²) in [4.78, 5) is 31.4. The molecule has 6 nitrogen and oxygen atoms in total. The van der Waals surface area contributed by atoms with Crippen LogP contribution in [0.25, 0.3) is 11.3 Å². The largest absolute Gasteiger partial charge is 0.482 e. The molecule has 0 saturated carbocycles.